The van der Waals surface area contributed by atoms with Crippen LogP contribution in [0.3, 0.4) is 0 Å². The number of carbonyl (C=O) groups excluding carboxylic acids is 1. The van der Waals surface area contributed by atoms with E-state index >= 15 is 0 Å². The van der Waals surface area contributed by atoms with Crippen LogP contribution < -0.4 is 0 Å². The molecule has 0 heterocycles. The lowest BCUT2D eigenvalue weighted by molar-refractivity contribution is 0.103. The highest BCUT2D eigenvalue weighted by atomic mass is 16.1. The zero-order valence-corrected chi connectivity index (χ0v) is 11.0. The van der Waals surface area contributed by atoms with Gasteiger partial charge in [-0.2, -0.15) is 0 Å². The lowest BCUT2D eigenvalue weighted by Gasteiger charge is -2.03. The van der Waals surface area contributed by atoms with Crippen LogP contribution in [0, 0.1) is 6.92 Å². The maximum atomic E-state index is 12.3. The number of ketones is 1. The molecule has 1 aliphatic rings. The molecule has 0 saturated carbocycles. The molecule has 0 radical (unpaired) electrons. The lowest BCUT2D eigenvalue weighted by atomic mass is 10.0. The predicted octanol–water partition coefficient (Wildman–Crippen LogP) is 4.55. The van der Waals surface area contributed by atoms with Gasteiger partial charge in [-0.25, -0.2) is 0 Å². The molecule has 1 heteroatoms. The maximum Gasteiger partial charge on any atom is 0.189 e. The number of hydrogen-bond acceptors (Lipinski definition) is 1. The van der Waals surface area contributed by atoms with Gasteiger partial charge in [-0.1, -0.05) is 38.0 Å². The van der Waals surface area contributed by atoms with Crippen molar-refractivity contribution < 1.29 is 4.79 Å². The molecule has 0 amide bonds. The van der Waals surface area contributed by atoms with Crippen LogP contribution in [-0.2, 0) is 0 Å². The van der Waals surface area contributed by atoms with Gasteiger partial charge in [0.05, 0.1) is 0 Å². The molecule has 0 bridgehead atoms. The van der Waals surface area contributed by atoms with Crippen molar-refractivity contribution in [3.63, 3.8) is 0 Å². The molecule has 0 N–H and O–H groups in total. The van der Waals surface area contributed by atoms with Crippen LogP contribution >= 0.6 is 0 Å². The number of rotatable bonds is 4. The molecule has 90 valence electrons. The Labute approximate surface area is 104 Å². The smallest absolute Gasteiger partial charge is 0.189 e. The lowest BCUT2D eigenvalue weighted by Crippen LogP contribution is -1.99. The summed E-state index contributed by atoms with van der Waals surface area (Å²) in [7, 11) is 0. The van der Waals surface area contributed by atoms with E-state index in [-0.39, 0.29) is 5.78 Å². The van der Waals surface area contributed by atoms with Crippen LogP contribution in [0.4, 0.5) is 0 Å². The number of aryl methyl sites for hydroxylation is 1. The molecule has 1 aromatic carbocycles. The van der Waals surface area contributed by atoms with Gasteiger partial charge in [0.2, 0.25) is 0 Å². The summed E-state index contributed by atoms with van der Waals surface area (Å²) in [5.74, 6) is 0.261. The van der Waals surface area contributed by atoms with Gasteiger partial charge in [0.15, 0.2) is 5.78 Å². The van der Waals surface area contributed by atoms with E-state index in [2.05, 4.69) is 26.8 Å². The van der Waals surface area contributed by atoms with Gasteiger partial charge in [-0.3, -0.25) is 4.79 Å². The van der Waals surface area contributed by atoms with Crippen LogP contribution in [0.2, 0.25) is 0 Å². The number of allylic oxidation sites excluding steroid dienone is 2. The Kier molecular flexibility index (Phi) is 3.46. The summed E-state index contributed by atoms with van der Waals surface area (Å²) in [6.07, 6.45) is 4.47. The van der Waals surface area contributed by atoms with E-state index in [1.807, 2.05) is 12.1 Å². The fraction of sp³-hybridized carbons (Fsp3) is 0.438. The number of benzene rings is 1. The summed E-state index contributed by atoms with van der Waals surface area (Å²) in [4.78, 5) is 12.3. The van der Waals surface area contributed by atoms with E-state index in [0.717, 1.165) is 24.0 Å². The second-order valence-corrected chi connectivity index (χ2v) is 4.89. The molecule has 0 aliphatic heterocycles. The maximum absolute atomic E-state index is 12.3. The molecular weight excluding hydrogens is 208 g/mol. The Hall–Kier alpha value is -1.37. The Balaban J connectivity index is 2.31. The van der Waals surface area contributed by atoms with Gasteiger partial charge < -0.3 is 0 Å². The van der Waals surface area contributed by atoms with Crippen LogP contribution in [0.5, 0.6) is 0 Å². The number of fused-ring (bicyclic) bond motifs is 1. The molecule has 0 aromatic heterocycles. The Morgan fingerprint density at radius 2 is 1.88 bits per heavy atom. The van der Waals surface area contributed by atoms with E-state index < -0.39 is 0 Å². The van der Waals surface area contributed by atoms with Gasteiger partial charge in [-0.15, -0.1) is 0 Å². The second-order valence-electron chi connectivity index (χ2n) is 4.89. The zero-order valence-electron chi connectivity index (χ0n) is 11.0. The Morgan fingerprint density at radius 1 is 1.12 bits per heavy atom. The number of unbranched alkanes of at least 4 members (excludes halogenated alkanes) is 2. The van der Waals surface area contributed by atoms with Crippen molar-refractivity contribution in [3.8, 4) is 0 Å². The van der Waals surface area contributed by atoms with E-state index in [1.165, 1.54) is 29.5 Å². The molecule has 0 unspecified atom stereocenters. The quantitative estimate of drug-likeness (QED) is 0.691. The average Bonchev–Trinajstić information content (AvgIpc) is 2.55. The summed E-state index contributed by atoms with van der Waals surface area (Å²) in [6.45, 7) is 6.37. The number of hydrogen-bond donors (Lipinski definition) is 0. The molecule has 17 heavy (non-hydrogen) atoms. The van der Waals surface area contributed by atoms with Crippen molar-refractivity contribution in [1.82, 2.24) is 0 Å². The van der Waals surface area contributed by atoms with Crippen molar-refractivity contribution in [2.75, 3.05) is 0 Å². The van der Waals surface area contributed by atoms with Crippen LogP contribution in [-0.4, -0.2) is 5.78 Å². The van der Waals surface area contributed by atoms with Crippen molar-refractivity contribution in [3.05, 3.63) is 40.5 Å². The minimum Gasteiger partial charge on any atom is -0.289 e. The first-order chi connectivity index (χ1) is 8.16. The highest BCUT2D eigenvalue weighted by Gasteiger charge is 2.27. The topological polar surface area (TPSA) is 17.1 Å². The molecule has 0 atom stereocenters. The van der Waals surface area contributed by atoms with Gasteiger partial charge in [0.25, 0.3) is 0 Å². The Bertz CT molecular complexity index is 480. The van der Waals surface area contributed by atoms with Gasteiger partial charge in [-0.05, 0) is 43.4 Å². The molecule has 0 fully saturated rings. The summed E-state index contributed by atoms with van der Waals surface area (Å²) in [6, 6.07) is 6.03. The zero-order chi connectivity index (χ0) is 12.4. The first-order valence-corrected chi connectivity index (χ1v) is 6.51. The third-order valence-corrected chi connectivity index (χ3v) is 3.65. The first-order valence-electron chi connectivity index (χ1n) is 6.51. The van der Waals surface area contributed by atoms with Crippen LogP contribution in [0.25, 0.3) is 5.57 Å². The van der Waals surface area contributed by atoms with Crippen molar-refractivity contribution >= 4 is 11.4 Å². The first kappa shape index (κ1) is 12.1. The molecule has 1 nitrogen and oxygen atoms in total. The van der Waals surface area contributed by atoms with Gasteiger partial charge in [0, 0.05) is 11.1 Å². The molecule has 0 spiro atoms. The summed E-state index contributed by atoms with van der Waals surface area (Å²) in [5.41, 5.74) is 5.57. The van der Waals surface area contributed by atoms with E-state index in [1.54, 1.807) is 0 Å². The van der Waals surface area contributed by atoms with Crippen molar-refractivity contribution in [1.29, 1.82) is 0 Å². The highest BCUT2D eigenvalue weighted by molar-refractivity contribution is 6.20. The molecular formula is C16H20O. The highest BCUT2D eigenvalue weighted by Crippen LogP contribution is 2.36. The third kappa shape index (κ3) is 2.06. The summed E-state index contributed by atoms with van der Waals surface area (Å²) >= 11 is 0. The second kappa shape index (κ2) is 4.87. The molecule has 0 saturated heterocycles. The SMILES string of the molecule is CCCCCC1=C(C)c2c(C)cccc2C1=O. The Morgan fingerprint density at radius 3 is 2.53 bits per heavy atom. The predicted molar refractivity (Wildman–Crippen MR) is 72.2 cm³/mol. The monoisotopic (exact) mass is 228 g/mol. The van der Waals surface area contributed by atoms with Crippen molar-refractivity contribution in [2.24, 2.45) is 0 Å². The van der Waals surface area contributed by atoms with Gasteiger partial charge >= 0.3 is 0 Å². The normalized spacial score (nSPS) is 14.4. The summed E-state index contributed by atoms with van der Waals surface area (Å²) < 4.78 is 0. The largest absolute Gasteiger partial charge is 0.289 e. The fourth-order valence-electron chi connectivity index (χ4n) is 2.69. The molecule has 1 aliphatic carbocycles. The van der Waals surface area contributed by atoms with Crippen LogP contribution in [0.1, 0.15) is 61.0 Å². The van der Waals surface area contributed by atoms with Gasteiger partial charge in [0.1, 0.15) is 0 Å². The number of carbonyl (C=O) groups is 1. The minimum absolute atomic E-state index is 0.261. The fourth-order valence-corrected chi connectivity index (χ4v) is 2.69. The standard InChI is InChI=1S/C16H20O/c1-4-5-6-9-13-12(3)15-11(2)8-7-10-14(15)16(13)17/h7-8,10H,4-6,9H2,1-3H3. The van der Waals surface area contributed by atoms with E-state index in [0.29, 0.717) is 0 Å². The van der Waals surface area contributed by atoms with E-state index in [4.69, 9.17) is 0 Å². The number of Topliss-reactive ketones (excluding diaryl/α,β-unsaturated/α-hetero) is 1. The third-order valence-electron chi connectivity index (χ3n) is 3.65. The molecule has 1 aromatic rings. The average molecular weight is 228 g/mol. The minimum atomic E-state index is 0.261. The summed E-state index contributed by atoms with van der Waals surface area (Å²) in [5, 5.41) is 0. The molecule has 2 rings (SSSR count). The van der Waals surface area contributed by atoms with Crippen molar-refractivity contribution in [2.45, 2.75) is 46.5 Å². The van der Waals surface area contributed by atoms with E-state index in [9.17, 15) is 4.79 Å². The van der Waals surface area contributed by atoms with Crippen LogP contribution in [0.15, 0.2) is 23.8 Å².